The minimum atomic E-state index is -0.762. The van der Waals surface area contributed by atoms with Crippen molar-refractivity contribution in [1.82, 2.24) is 0 Å². The molecule has 0 saturated heterocycles. The van der Waals surface area contributed by atoms with Crippen LogP contribution >= 0.6 is 0 Å². The molecule has 104 valence electrons. The normalized spacial score (nSPS) is 12.3. The van der Waals surface area contributed by atoms with Crippen molar-refractivity contribution in [2.45, 2.75) is 26.8 Å². The van der Waals surface area contributed by atoms with E-state index in [9.17, 15) is 14.0 Å². The van der Waals surface area contributed by atoms with Crippen LogP contribution in [-0.2, 0) is 4.79 Å². The number of carbonyl (C=O) groups excluding carboxylic acids is 2. The fourth-order valence-electron chi connectivity index (χ4n) is 1.47. The topological polar surface area (TPSA) is 98.2 Å². The van der Waals surface area contributed by atoms with Gasteiger partial charge in [-0.2, -0.15) is 0 Å². The van der Waals surface area contributed by atoms with Gasteiger partial charge >= 0.3 is 0 Å². The Morgan fingerprint density at radius 1 is 1.32 bits per heavy atom. The first kappa shape index (κ1) is 15.1. The van der Waals surface area contributed by atoms with Crippen molar-refractivity contribution < 1.29 is 14.0 Å². The Labute approximate surface area is 111 Å². The summed E-state index contributed by atoms with van der Waals surface area (Å²) in [5.74, 6) is -1.85. The van der Waals surface area contributed by atoms with Gasteiger partial charge in [-0.05, 0) is 25.0 Å². The first-order valence-corrected chi connectivity index (χ1v) is 5.90. The van der Waals surface area contributed by atoms with Gasteiger partial charge in [-0.3, -0.25) is 9.59 Å². The van der Waals surface area contributed by atoms with Gasteiger partial charge in [0.1, 0.15) is 5.82 Å². The zero-order valence-electron chi connectivity index (χ0n) is 11.2. The Balaban J connectivity index is 3.07. The molecule has 0 aromatic heterocycles. The molecule has 0 aliphatic carbocycles. The second-order valence-electron chi connectivity index (χ2n) is 4.75. The lowest BCUT2D eigenvalue weighted by molar-refractivity contribution is -0.118. The maximum Gasteiger partial charge on any atom is 0.248 e. The summed E-state index contributed by atoms with van der Waals surface area (Å²) < 4.78 is 13.6. The summed E-state index contributed by atoms with van der Waals surface area (Å²) in [7, 11) is 0. The third kappa shape index (κ3) is 3.51. The number of nitrogens with two attached hydrogens (primary N) is 2. The molecule has 0 unspecified atom stereocenters. The molecule has 0 bridgehead atoms. The molecule has 0 aliphatic heterocycles. The lowest BCUT2D eigenvalue weighted by atomic mass is 10.0. The van der Waals surface area contributed by atoms with Crippen LogP contribution in [0.4, 0.5) is 10.1 Å². The molecule has 6 heteroatoms. The van der Waals surface area contributed by atoms with Gasteiger partial charge in [0.2, 0.25) is 11.8 Å². The van der Waals surface area contributed by atoms with Crippen molar-refractivity contribution >= 4 is 17.5 Å². The van der Waals surface area contributed by atoms with Gasteiger partial charge in [-0.15, -0.1) is 0 Å². The minimum Gasteiger partial charge on any atom is -0.366 e. The van der Waals surface area contributed by atoms with Gasteiger partial charge in [0.05, 0.1) is 6.04 Å². The van der Waals surface area contributed by atoms with Gasteiger partial charge in [0.25, 0.3) is 0 Å². The Bertz CT molecular complexity index is 515. The molecule has 0 aliphatic rings. The molecule has 0 radical (unpaired) electrons. The van der Waals surface area contributed by atoms with E-state index >= 15 is 0 Å². The maximum atomic E-state index is 13.6. The summed E-state index contributed by atoms with van der Waals surface area (Å²) in [6.07, 6.45) is 0. The highest BCUT2D eigenvalue weighted by Gasteiger charge is 2.19. The Morgan fingerprint density at radius 3 is 2.37 bits per heavy atom. The highest BCUT2D eigenvalue weighted by molar-refractivity contribution is 5.98. The molecule has 1 atom stereocenters. The lowest BCUT2D eigenvalue weighted by Crippen LogP contribution is -2.40. The molecule has 1 aromatic rings. The zero-order valence-corrected chi connectivity index (χ0v) is 11.2. The van der Waals surface area contributed by atoms with Crippen molar-refractivity contribution in [3.8, 4) is 0 Å². The fourth-order valence-corrected chi connectivity index (χ4v) is 1.47. The van der Waals surface area contributed by atoms with E-state index in [-0.39, 0.29) is 22.7 Å². The van der Waals surface area contributed by atoms with Crippen LogP contribution in [0, 0.1) is 18.7 Å². The summed E-state index contributed by atoms with van der Waals surface area (Å²) in [6, 6.07) is 1.67. The third-order valence-electron chi connectivity index (χ3n) is 2.91. The largest absolute Gasteiger partial charge is 0.366 e. The Hall–Kier alpha value is -1.95. The number of anilines is 1. The minimum absolute atomic E-state index is 0.00322. The summed E-state index contributed by atoms with van der Waals surface area (Å²) in [4.78, 5) is 22.9. The van der Waals surface area contributed by atoms with E-state index in [0.29, 0.717) is 0 Å². The molecular formula is C13H18FN3O2. The summed E-state index contributed by atoms with van der Waals surface area (Å²) in [5, 5.41) is 2.52. The molecule has 19 heavy (non-hydrogen) atoms. The molecule has 5 nitrogen and oxygen atoms in total. The first-order chi connectivity index (χ1) is 8.73. The van der Waals surface area contributed by atoms with Crippen molar-refractivity contribution in [2.24, 2.45) is 17.4 Å². The number of halogens is 1. The van der Waals surface area contributed by atoms with Crippen LogP contribution < -0.4 is 16.8 Å². The molecule has 0 heterocycles. The first-order valence-electron chi connectivity index (χ1n) is 5.90. The number of hydrogen-bond acceptors (Lipinski definition) is 3. The molecule has 1 rings (SSSR count). The number of rotatable bonds is 4. The van der Waals surface area contributed by atoms with E-state index in [2.05, 4.69) is 5.32 Å². The Kier molecular flexibility index (Phi) is 4.61. The number of amides is 2. The standard InChI is InChI=1S/C13H18FN3O2/c1-6(2)11(15)13(19)17-10-5-8(12(16)18)4-9(14)7(10)3/h4-6,11H,15H2,1-3H3,(H2,16,18)(H,17,19)/t11-/m0/s1. The highest BCUT2D eigenvalue weighted by Crippen LogP contribution is 2.21. The quantitative estimate of drug-likeness (QED) is 0.763. The van der Waals surface area contributed by atoms with E-state index in [4.69, 9.17) is 11.5 Å². The number of hydrogen-bond donors (Lipinski definition) is 3. The summed E-state index contributed by atoms with van der Waals surface area (Å²) in [6.45, 7) is 5.10. The Morgan fingerprint density at radius 2 is 1.89 bits per heavy atom. The van der Waals surface area contributed by atoms with Crippen LogP contribution in [0.15, 0.2) is 12.1 Å². The number of nitrogens with one attached hydrogen (secondary N) is 1. The smallest absolute Gasteiger partial charge is 0.248 e. The second-order valence-corrected chi connectivity index (χ2v) is 4.75. The van der Waals surface area contributed by atoms with E-state index in [0.717, 1.165) is 6.07 Å². The van der Waals surface area contributed by atoms with Crippen molar-refractivity contribution in [1.29, 1.82) is 0 Å². The monoisotopic (exact) mass is 267 g/mol. The number of benzene rings is 1. The fraction of sp³-hybridized carbons (Fsp3) is 0.385. The maximum absolute atomic E-state index is 13.6. The molecule has 5 N–H and O–H groups in total. The lowest BCUT2D eigenvalue weighted by Gasteiger charge is -2.17. The van der Waals surface area contributed by atoms with Gasteiger partial charge in [-0.1, -0.05) is 13.8 Å². The molecule has 2 amide bonds. The van der Waals surface area contributed by atoms with Crippen molar-refractivity contribution in [3.05, 3.63) is 29.1 Å². The predicted molar refractivity (Wildman–Crippen MR) is 71.1 cm³/mol. The molecule has 0 spiro atoms. The third-order valence-corrected chi connectivity index (χ3v) is 2.91. The predicted octanol–water partition coefficient (Wildman–Crippen LogP) is 1.15. The van der Waals surface area contributed by atoms with Crippen molar-refractivity contribution in [2.75, 3.05) is 5.32 Å². The van der Waals surface area contributed by atoms with Gasteiger partial charge < -0.3 is 16.8 Å². The number of primary amides is 1. The molecule has 0 fully saturated rings. The summed E-state index contributed by atoms with van der Waals surface area (Å²) in [5.41, 5.74) is 11.2. The van der Waals surface area contributed by atoms with Crippen LogP contribution in [0.3, 0.4) is 0 Å². The van der Waals surface area contributed by atoms with Crippen LogP contribution in [-0.4, -0.2) is 17.9 Å². The molecule has 1 aromatic carbocycles. The second kappa shape index (κ2) is 5.79. The van der Waals surface area contributed by atoms with E-state index < -0.39 is 23.7 Å². The SMILES string of the molecule is Cc1c(F)cc(C(N)=O)cc1NC(=O)[C@@H](N)C(C)C. The van der Waals surface area contributed by atoms with Crippen molar-refractivity contribution in [3.63, 3.8) is 0 Å². The summed E-state index contributed by atoms with van der Waals surface area (Å²) >= 11 is 0. The van der Waals surface area contributed by atoms with Gasteiger partial charge in [0.15, 0.2) is 0 Å². The van der Waals surface area contributed by atoms with Crippen LogP contribution in [0.1, 0.15) is 29.8 Å². The number of carbonyl (C=O) groups is 2. The van der Waals surface area contributed by atoms with Crippen LogP contribution in [0.2, 0.25) is 0 Å². The molecule has 0 saturated carbocycles. The van der Waals surface area contributed by atoms with Crippen LogP contribution in [0.5, 0.6) is 0 Å². The highest BCUT2D eigenvalue weighted by atomic mass is 19.1. The van der Waals surface area contributed by atoms with E-state index in [1.54, 1.807) is 13.8 Å². The molecular weight excluding hydrogens is 249 g/mol. The van der Waals surface area contributed by atoms with E-state index in [1.807, 2.05) is 0 Å². The van der Waals surface area contributed by atoms with E-state index in [1.165, 1.54) is 13.0 Å². The van der Waals surface area contributed by atoms with Gasteiger partial charge in [-0.25, -0.2) is 4.39 Å². The van der Waals surface area contributed by atoms with Crippen LogP contribution in [0.25, 0.3) is 0 Å². The average Bonchev–Trinajstić information content (AvgIpc) is 2.33. The average molecular weight is 267 g/mol. The zero-order chi connectivity index (χ0) is 14.7. The van der Waals surface area contributed by atoms with Gasteiger partial charge in [0, 0.05) is 16.8 Å².